The van der Waals surface area contributed by atoms with E-state index in [0.29, 0.717) is 24.3 Å². The van der Waals surface area contributed by atoms with Crippen LogP contribution in [-0.4, -0.2) is 33.5 Å². The van der Waals surface area contributed by atoms with Crippen molar-refractivity contribution in [3.8, 4) is 0 Å². The lowest BCUT2D eigenvalue weighted by molar-refractivity contribution is -0.143. The molecule has 0 spiro atoms. The van der Waals surface area contributed by atoms with Gasteiger partial charge in [0.25, 0.3) is 0 Å². The molecule has 1 atom stereocenters. The van der Waals surface area contributed by atoms with Crippen LogP contribution in [0.1, 0.15) is 36.8 Å². The molecule has 0 aliphatic carbocycles. The fraction of sp³-hybridized carbons (Fsp3) is 0.294. The molecular formula is C17H19N3O3. The molecule has 23 heavy (non-hydrogen) atoms. The van der Waals surface area contributed by atoms with Crippen molar-refractivity contribution in [1.82, 2.24) is 9.97 Å². The van der Waals surface area contributed by atoms with Crippen molar-refractivity contribution in [2.45, 2.75) is 25.7 Å². The minimum atomic E-state index is -0.287. The van der Waals surface area contributed by atoms with Crippen molar-refractivity contribution < 1.29 is 14.7 Å². The minimum Gasteiger partial charge on any atom is -0.466 e. The summed E-state index contributed by atoms with van der Waals surface area (Å²) in [5.74, 6) is -0.473. The lowest BCUT2D eigenvalue weighted by Gasteiger charge is -2.17. The molecule has 2 aromatic heterocycles. The standard InChI is InChI=1S/C17H19N3O3/c1-2-23-17(21)10-15(13-5-3-7-18-11-13)9-16(20-22)14-6-4-8-19-12-14/h3-8,11-12,15,22H,2,9-10H2,1H3/b20-16+/t15-/m1/s1. The van der Waals surface area contributed by atoms with E-state index >= 15 is 0 Å². The summed E-state index contributed by atoms with van der Waals surface area (Å²) in [5.41, 5.74) is 2.08. The molecule has 0 aromatic carbocycles. The van der Waals surface area contributed by atoms with E-state index in [1.54, 1.807) is 37.8 Å². The Morgan fingerprint density at radius 2 is 1.96 bits per heavy atom. The smallest absolute Gasteiger partial charge is 0.306 e. The lowest BCUT2D eigenvalue weighted by atomic mass is 9.90. The van der Waals surface area contributed by atoms with Crippen LogP contribution >= 0.6 is 0 Å². The van der Waals surface area contributed by atoms with Crippen molar-refractivity contribution in [1.29, 1.82) is 0 Å². The zero-order chi connectivity index (χ0) is 16.5. The van der Waals surface area contributed by atoms with Crippen molar-refractivity contribution >= 4 is 11.7 Å². The molecule has 2 heterocycles. The van der Waals surface area contributed by atoms with Crippen LogP contribution in [0, 0.1) is 0 Å². The molecule has 6 nitrogen and oxygen atoms in total. The van der Waals surface area contributed by atoms with Gasteiger partial charge in [-0.3, -0.25) is 14.8 Å². The molecule has 0 saturated carbocycles. The van der Waals surface area contributed by atoms with Crippen LogP contribution in [0.15, 0.2) is 54.2 Å². The molecule has 0 amide bonds. The van der Waals surface area contributed by atoms with Gasteiger partial charge in [-0.25, -0.2) is 0 Å². The number of rotatable bonds is 7. The molecule has 0 radical (unpaired) electrons. The normalized spacial score (nSPS) is 12.7. The second-order valence-corrected chi connectivity index (χ2v) is 4.98. The molecule has 0 fully saturated rings. The number of esters is 1. The summed E-state index contributed by atoms with van der Waals surface area (Å²) in [7, 11) is 0. The SMILES string of the molecule is CCOC(=O)C[C@@H](C/C(=N\O)c1cccnc1)c1cccnc1. The van der Waals surface area contributed by atoms with Crippen molar-refractivity contribution in [3.05, 3.63) is 60.2 Å². The molecule has 0 unspecified atom stereocenters. The van der Waals surface area contributed by atoms with Gasteiger partial charge in [0.15, 0.2) is 0 Å². The fourth-order valence-corrected chi connectivity index (χ4v) is 2.33. The predicted octanol–water partition coefficient (Wildman–Crippen LogP) is 2.78. The number of carbonyl (C=O) groups is 1. The maximum Gasteiger partial charge on any atom is 0.306 e. The largest absolute Gasteiger partial charge is 0.466 e. The van der Waals surface area contributed by atoms with E-state index in [1.807, 2.05) is 18.2 Å². The van der Waals surface area contributed by atoms with E-state index in [4.69, 9.17) is 4.74 Å². The van der Waals surface area contributed by atoms with E-state index in [1.165, 1.54) is 0 Å². The molecule has 0 aliphatic rings. The topological polar surface area (TPSA) is 84.7 Å². The summed E-state index contributed by atoms with van der Waals surface area (Å²) in [4.78, 5) is 20.0. The highest BCUT2D eigenvalue weighted by atomic mass is 16.5. The third-order valence-corrected chi connectivity index (χ3v) is 3.43. The zero-order valence-corrected chi connectivity index (χ0v) is 12.9. The quantitative estimate of drug-likeness (QED) is 0.368. The number of ether oxygens (including phenoxy) is 1. The van der Waals surface area contributed by atoms with Crippen LogP contribution in [0.5, 0.6) is 0 Å². The van der Waals surface area contributed by atoms with E-state index in [2.05, 4.69) is 15.1 Å². The Bertz CT molecular complexity index is 645. The summed E-state index contributed by atoms with van der Waals surface area (Å²) in [6, 6.07) is 7.29. The highest BCUT2D eigenvalue weighted by Gasteiger charge is 2.21. The number of nitrogens with zero attached hydrogens (tertiary/aromatic N) is 3. The molecule has 0 bridgehead atoms. The van der Waals surface area contributed by atoms with Crippen molar-refractivity contribution in [2.24, 2.45) is 5.16 Å². The first-order chi connectivity index (χ1) is 11.2. The van der Waals surface area contributed by atoms with Crippen LogP contribution in [-0.2, 0) is 9.53 Å². The highest BCUT2D eigenvalue weighted by molar-refractivity contribution is 6.00. The fourth-order valence-electron chi connectivity index (χ4n) is 2.33. The third kappa shape index (κ3) is 4.88. The maximum atomic E-state index is 11.9. The number of carbonyl (C=O) groups excluding carboxylic acids is 1. The summed E-state index contributed by atoms with van der Waals surface area (Å²) in [5, 5.41) is 12.7. The Kier molecular flexibility index (Phi) is 6.23. The van der Waals surface area contributed by atoms with Gasteiger partial charge < -0.3 is 9.94 Å². The molecule has 2 aromatic rings. The monoisotopic (exact) mass is 313 g/mol. The summed E-state index contributed by atoms with van der Waals surface area (Å²) in [6.45, 7) is 2.11. The summed E-state index contributed by atoms with van der Waals surface area (Å²) >= 11 is 0. The zero-order valence-electron chi connectivity index (χ0n) is 12.9. The van der Waals surface area contributed by atoms with Crippen LogP contribution < -0.4 is 0 Å². The van der Waals surface area contributed by atoms with Gasteiger partial charge in [0.1, 0.15) is 0 Å². The Morgan fingerprint density at radius 3 is 2.52 bits per heavy atom. The summed E-state index contributed by atoms with van der Waals surface area (Å²) in [6.07, 6.45) is 7.23. The van der Waals surface area contributed by atoms with Gasteiger partial charge in [-0.05, 0) is 30.7 Å². The number of oxime groups is 1. The molecule has 0 saturated heterocycles. The number of aromatic nitrogens is 2. The van der Waals surface area contributed by atoms with Crippen LogP contribution in [0.2, 0.25) is 0 Å². The number of hydrogen-bond donors (Lipinski definition) is 1. The van der Waals surface area contributed by atoms with Crippen LogP contribution in [0.25, 0.3) is 0 Å². The molecule has 1 N–H and O–H groups in total. The Balaban J connectivity index is 2.21. The van der Waals surface area contributed by atoms with E-state index < -0.39 is 0 Å². The third-order valence-electron chi connectivity index (χ3n) is 3.43. The Morgan fingerprint density at radius 1 is 1.22 bits per heavy atom. The van der Waals surface area contributed by atoms with Crippen molar-refractivity contribution in [3.63, 3.8) is 0 Å². The maximum absolute atomic E-state index is 11.9. The molecular weight excluding hydrogens is 294 g/mol. The van der Waals surface area contributed by atoms with E-state index in [0.717, 1.165) is 5.56 Å². The Hall–Kier alpha value is -2.76. The number of hydrogen-bond acceptors (Lipinski definition) is 6. The lowest BCUT2D eigenvalue weighted by Crippen LogP contribution is -2.15. The number of pyridine rings is 2. The van der Waals surface area contributed by atoms with Gasteiger partial charge in [0.05, 0.1) is 18.7 Å². The van der Waals surface area contributed by atoms with E-state index in [-0.39, 0.29) is 18.3 Å². The van der Waals surface area contributed by atoms with Gasteiger partial charge in [-0.15, -0.1) is 0 Å². The molecule has 0 aliphatic heterocycles. The molecule has 6 heteroatoms. The van der Waals surface area contributed by atoms with Crippen LogP contribution in [0.3, 0.4) is 0 Å². The van der Waals surface area contributed by atoms with Gasteiger partial charge in [-0.2, -0.15) is 0 Å². The molecule has 2 rings (SSSR count). The van der Waals surface area contributed by atoms with Crippen molar-refractivity contribution in [2.75, 3.05) is 6.61 Å². The first-order valence-electron chi connectivity index (χ1n) is 7.41. The first-order valence-corrected chi connectivity index (χ1v) is 7.41. The van der Waals surface area contributed by atoms with Gasteiger partial charge >= 0.3 is 5.97 Å². The summed E-state index contributed by atoms with van der Waals surface area (Å²) < 4.78 is 5.04. The second-order valence-electron chi connectivity index (χ2n) is 4.98. The van der Waals surface area contributed by atoms with Crippen LogP contribution in [0.4, 0.5) is 0 Å². The average molecular weight is 313 g/mol. The van der Waals surface area contributed by atoms with Gasteiger partial charge in [0.2, 0.25) is 0 Å². The highest BCUT2D eigenvalue weighted by Crippen LogP contribution is 2.25. The predicted molar refractivity (Wildman–Crippen MR) is 85.4 cm³/mol. The molecule has 120 valence electrons. The van der Waals surface area contributed by atoms with Gasteiger partial charge in [0, 0.05) is 42.7 Å². The van der Waals surface area contributed by atoms with Gasteiger partial charge in [-0.1, -0.05) is 11.2 Å². The first kappa shape index (κ1) is 16.6. The average Bonchev–Trinajstić information content (AvgIpc) is 2.60. The minimum absolute atomic E-state index is 0.186. The van der Waals surface area contributed by atoms with E-state index in [9.17, 15) is 10.0 Å². The second kappa shape index (κ2) is 8.63. The Labute approximate surface area is 134 Å².